The molecule has 2 rings (SSSR count). The molecule has 0 amide bonds. The molecule has 0 unspecified atom stereocenters. The zero-order chi connectivity index (χ0) is 14.2. The van der Waals surface area contributed by atoms with Crippen molar-refractivity contribution < 1.29 is 9.47 Å². The van der Waals surface area contributed by atoms with Crippen molar-refractivity contribution in [2.45, 2.75) is 19.9 Å². The van der Waals surface area contributed by atoms with Crippen molar-refractivity contribution in [2.24, 2.45) is 0 Å². The minimum atomic E-state index is 0.677. The van der Waals surface area contributed by atoms with Crippen molar-refractivity contribution in [1.29, 1.82) is 0 Å². The maximum Gasteiger partial charge on any atom is 0.207 e. The summed E-state index contributed by atoms with van der Waals surface area (Å²) in [6.45, 7) is 4.29. The summed E-state index contributed by atoms with van der Waals surface area (Å²) >= 11 is 0. The van der Waals surface area contributed by atoms with Crippen LogP contribution < -0.4 is 10.1 Å². The molecule has 0 radical (unpaired) electrons. The Kier molecular flexibility index (Phi) is 5.43. The van der Waals surface area contributed by atoms with E-state index in [1.54, 1.807) is 13.3 Å². The normalized spacial score (nSPS) is 10.5. The second kappa shape index (κ2) is 7.55. The van der Waals surface area contributed by atoms with Gasteiger partial charge in [0.2, 0.25) is 5.95 Å². The molecule has 1 N–H and O–H groups in total. The molecule has 0 aliphatic carbocycles. The molecule has 1 heterocycles. The number of ether oxygens (including phenoxy) is 2. The van der Waals surface area contributed by atoms with Crippen molar-refractivity contribution >= 4 is 11.6 Å². The molecule has 0 saturated carbocycles. The van der Waals surface area contributed by atoms with Crippen LogP contribution in [0.4, 0.5) is 11.6 Å². The number of nitrogens with zero attached hydrogens (tertiary/aromatic N) is 2. The van der Waals surface area contributed by atoms with E-state index < -0.39 is 0 Å². The van der Waals surface area contributed by atoms with Gasteiger partial charge in [-0.25, -0.2) is 4.98 Å². The summed E-state index contributed by atoms with van der Waals surface area (Å²) in [5.74, 6) is 1.71. The van der Waals surface area contributed by atoms with E-state index in [1.807, 2.05) is 37.4 Å². The third-order valence-corrected chi connectivity index (χ3v) is 2.88. The van der Waals surface area contributed by atoms with E-state index in [1.165, 1.54) is 0 Å². The highest BCUT2D eigenvalue weighted by molar-refractivity contribution is 5.54. The van der Waals surface area contributed by atoms with Crippen LogP contribution >= 0.6 is 0 Å². The highest BCUT2D eigenvalue weighted by Crippen LogP contribution is 2.19. The topological polar surface area (TPSA) is 48.3 Å². The van der Waals surface area contributed by atoms with Gasteiger partial charge >= 0.3 is 0 Å². The van der Waals surface area contributed by atoms with E-state index >= 15 is 0 Å². The molecule has 0 spiro atoms. The largest absolute Gasteiger partial charge is 0.494 e. The number of anilines is 2. The van der Waals surface area contributed by atoms with Crippen LogP contribution in [-0.4, -0.2) is 29.9 Å². The Morgan fingerprint density at radius 2 is 2.05 bits per heavy atom. The summed E-state index contributed by atoms with van der Waals surface area (Å²) in [5, 5.41) is 3.30. The van der Waals surface area contributed by atoms with Gasteiger partial charge in [0.05, 0.1) is 6.61 Å². The first-order valence-corrected chi connectivity index (χ1v) is 6.83. The van der Waals surface area contributed by atoms with Crippen molar-refractivity contribution in [3.8, 4) is 5.75 Å². The van der Waals surface area contributed by atoms with Crippen LogP contribution in [0.15, 0.2) is 36.7 Å². The summed E-state index contributed by atoms with van der Waals surface area (Å²) < 4.78 is 12.6. The first-order valence-electron chi connectivity index (χ1n) is 6.83. The van der Waals surface area contributed by atoms with E-state index in [9.17, 15) is 0 Å². The number of hydrogen-bond acceptors (Lipinski definition) is 4. The quantitative estimate of drug-likeness (QED) is 0.752. The van der Waals surface area contributed by atoms with Crippen LogP contribution in [0.25, 0.3) is 0 Å². The Morgan fingerprint density at radius 1 is 1.25 bits per heavy atom. The number of nitrogens with one attached hydrogen (secondary N) is 1. The number of benzene rings is 1. The van der Waals surface area contributed by atoms with E-state index in [4.69, 9.17) is 9.47 Å². The number of aromatic nitrogens is 2. The summed E-state index contributed by atoms with van der Waals surface area (Å²) in [6.07, 6.45) is 4.72. The molecule has 0 bridgehead atoms. The Balaban J connectivity index is 1.97. The predicted molar refractivity (Wildman–Crippen MR) is 79.6 cm³/mol. The Morgan fingerprint density at radius 3 is 2.75 bits per heavy atom. The Labute approximate surface area is 119 Å². The molecular formula is C15H21N3O2. The van der Waals surface area contributed by atoms with Crippen LogP contribution in [0.3, 0.4) is 0 Å². The minimum absolute atomic E-state index is 0.677. The van der Waals surface area contributed by atoms with Gasteiger partial charge in [-0.15, -0.1) is 0 Å². The van der Waals surface area contributed by atoms with Crippen LogP contribution in [0.1, 0.15) is 13.3 Å². The molecule has 0 aliphatic rings. The molecule has 0 fully saturated rings. The third kappa shape index (κ3) is 3.99. The lowest BCUT2D eigenvalue weighted by molar-refractivity contribution is 0.190. The average Bonchev–Trinajstić information content (AvgIpc) is 2.89. The lowest BCUT2D eigenvalue weighted by atomic mass is 10.3. The zero-order valence-electron chi connectivity index (χ0n) is 12.0. The lowest BCUT2D eigenvalue weighted by Crippen LogP contribution is -2.05. The lowest BCUT2D eigenvalue weighted by Gasteiger charge is -2.10. The van der Waals surface area contributed by atoms with Crippen molar-refractivity contribution in [1.82, 2.24) is 9.55 Å². The second-order valence-electron chi connectivity index (χ2n) is 4.37. The van der Waals surface area contributed by atoms with Gasteiger partial charge in [-0.3, -0.25) is 0 Å². The molecular weight excluding hydrogens is 254 g/mol. The average molecular weight is 275 g/mol. The molecule has 108 valence electrons. The fourth-order valence-electron chi connectivity index (χ4n) is 1.92. The van der Waals surface area contributed by atoms with Gasteiger partial charge in [0.25, 0.3) is 0 Å². The predicted octanol–water partition coefficient (Wildman–Crippen LogP) is 3.06. The van der Waals surface area contributed by atoms with Gasteiger partial charge in [0.1, 0.15) is 5.75 Å². The second-order valence-corrected chi connectivity index (χ2v) is 4.37. The summed E-state index contributed by atoms with van der Waals surface area (Å²) in [4.78, 5) is 4.33. The van der Waals surface area contributed by atoms with E-state index in [2.05, 4.69) is 14.9 Å². The molecule has 1 aromatic carbocycles. The minimum Gasteiger partial charge on any atom is -0.494 e. The standard InChI is InChI=1S/C15H21N3O2/c1-3-20-14-7-5-13(6-8-14)17-15-16-9-11-18(15)10-4-12-19-2/h5-9,11H,3-4,10,12H2,1-2H3,(H,16,17). The number of hydrogen-bond donors (Lipinski definition) is 1. The molecule has 1 aromatic heterocycles. The maximum atomic E-state index is 5.42. The number of aryl methyl sites for hydroxylation is 1. The molecule has 5 heteroatoms. The first-order chi connectivity index (χ1) is 9.83. The monoisotopic (exact) mass is 275 g/mol. The number of imidazole rings is 1. The van der Waals surface area contributed by atoms with Crippen LogP contribution in [0.2, 0.25) is 0 Å². The van der Waals surface area contributed by atoms with Crippen LogP contribution in [0, 0.1) is 0 Å². The highest BCUT2D eigenvalue weighted by atomic mass is 16.5. The van der Waals surface area contributed by atoms with Gasteiger partial charge < -0.3 is 19.4 Å². The van der Waals surface area contributed by atoms with Crippen molar-refractivity contribution in [3.05, 3.63) is 36.7 Å². The number of methoxy groups -OCH3 is 1. The molecule has 2 aromatic rings. The molecule has 0 aliphatic heterocycles. The molecule has 20 heavy (non-hydrogen) atoms. The van der Waals surface area contributed by atoms with Gasteiger partial charge in [-0.05, 0) is 37.6 Å². The van der Waals surface area contributed by atoms with E-state index in [0.717, 1.165) is 37.0 Å². The summed E-state index contributed by atoms with van der Waals surface area (Å²) in [7, 11) is 1.72. The molecule has 0 saturated heterocycles. The van der Waals surface area contributed by atoms with E-state index in [-0.39, 0.29) is 0 Å². The van der Waals surface area contributed by atoms with E-state index in [0.29, 0.717) is 6.61 Å². The number of rotatable bonds is 8. The van der Waals surface area contributed by atoms with Gasteiger partial charge in [0.15, 0.2) is 0 Å². The Hall–Kier alpha value is -2.01. The molecule has 5 nitrogen and oxygen atoms in total. The van der Waals surface area contributed by atoms with Crippen LogP contribution in [-0.2, 0) is 11.3 Å². The first kappa shape index (κ1) is 14.4. The van der Waals surface area contributed by atoms with Gasteiger partial charge in [0, 0.05) is 38.3 Å². The highest BCUT2D eigenvalue weighted by Gasteiger charge is 2.03. The van der Waals surface area contributed by atoms with Crippen molar-refractivity contribution in [2.75, 3.05) is 25.6 Å². The fraction of sp³-hybridized carbons (Fsp3) is 0.400. The smallest absolute Gasteiger partial charge is 0.207 e. The van der Waals surface area contributed by atoms with Gasteiger partial charge in [-0.1, -0.05) is 0 Å². The Bertz CT molecular complexity index is 508. The molecule has 0 atom stereocenters. The SMILES string of the molecule is CCOc1ccc(Nc2nccn2CCCOC)cc1. The summed E-state index contributed by atoms with van der Waals surface area (Å²) in [5.41, 5.74) is 0.993. The fourth-order valence-corrected chi connectivity index (χ4v) is 1.92. The summed E-state index contributed by atoms with van der Waals surface area (Å²) in [6, 6.07) is 7.87. The third-order valence-electron chi connectivity index (χ3n) is 2.88. The van der Waals surface area contributed by atoms with Crippen LogP contribution in [0.5, 0.6) is 5.75 Å². The van der Waals surface area contributed by atoms with Crippen molar-refractivity contribution in [3.63, 3.8) is 0 Å². The maximum absolute atomic E-state index is 5.42. The zero-order valence-corrected chi connectivity index (χ0v) is 12.0. The van der Waals surface area contributed by atoms with Gasteiger partial charge in [-0.2, -0.15) is 0 Å².